The molecule has 10 heteroatoms. The highest BCUT2D eigenvalue weighted by Crippen LogP contribution is 2.33. The van der Waals surface area contributed by atoms with E-state index >= 15 is 0 Å². The van der Waals surface area contributed by atoms with Crippen molar-refractivity contribution in [2.45, 2.75) is 25.4 Å². The molecule has 0 spiro atoms. The van der Waals surface area contributed by atoms with E-state index in [1.165, 1.54) is 0 Å². The van der Waals surface area contributed by atoms with Crippen molar-refractivity contribution in [3.63, 3.8) is 0 Å². The number of anilines is 3. The third-order valence-electron chi connectivity index (χ3n) is 6.31. The minimum Gasteiger partial charge on any atom is -0.491 e. The molecule has 0 amide bonds. The van der Waals surface area contributed by atoms with E-state index < -0.39 is 5.66 Å². The summed E-state index contributed by atoms with van der Waals surface area (Å²) in [6.07, 6.45) is 10.8. The fourth-order valence-electron chi connectivity index (χ4n) is 4.15. The highest BCUT2D eigenvalue weighted by Gasteiger charge is 2.31. The molecular weight excluding hydrogens is 456 g/mol. The lowest BCUT2D eigenvalue weighted by molar-refractivity contribution is 0.0322. The Bertz CT molecular complexity index is 1230. The number of morpholine rings is 1. The normalized spacial score (nSPS) is 19.6. The summed E-state index contributed by atoms with van der Waals surface area (Å²) in [5.41, 5.74) is 10.7. The Morgan fingerprint density at radius 3 is 2.81 bits per heavy atom. The average Bonchev–Trinajstić information content (AvgIpc) is 2.89. The molecule has 5 heterocycles. The second-order valence-electron chi connectivity index (χ2n) is 9.35. The number of aromatic nitrogens is 4. The molecule has 1 unspecified atom stereocenters. The van der Waals surface area contributed by atoms with Gasteiger partial charge in [-0.1, -0.05) is 13.8 Å². The van der Waals surface area contributed by atoms with Crippen molar-refractivity contribution in [1.82, 2.24) is 25.1 Å². The molecule has 36 heavy (non-hydrogen) atoms. The van der Waals surface area contributed by atoms with E-state index in [9.17, 15) is 0 Å². The summed E-state index contributed by atoms with van der Waals surface area (Å²) in [6, 6.07) is 5.89. The second-order valence-corrected chi connectivity index (χ2v) is 9.35. The molecule has 188 valence electrons. The van der Waals surface area contributed by atoms with Crippen LogP contribution in [0, 0.1) is 0 Å². The van der Waals surface area contributed by atoms with Crippen molar-refractivity contribution in [3.05, 3.63) is 66.0 Å². The summed E-state index contributed by atoms with van der Waals surface area (Å²) in [5.74, 6) is 1.04. The monoisotopic (exact) mass is 488 g/mol. The molecule has 5 rings (SSSR count). The van der Waals surface area contributed by atoms with Gasteiger partial charge in [0.25, 0.3) is 0 Å². The average molecular weight is 489 g/mol. The van der Waals surface area contributed by atoms with E-state index in [0.29, 0.717) is 24.0 Å². The number of ether oxygens (including phenoxy) is 2. The summed E-state index contributed by atoms with van der Waals surface area (Å²) in [4.78, 5) is 11.2. The molecule has 10 nitrogen and oxygen atoms in total. The number of nitrogens with two attached hydrogens (primary N) is 1. The molecule has 0 bridgehead atoms. The van der Waals surface area contributed by atoms with Crippen LogP contribution in [-0.4, -0.2) is 64.5 Å². The topological polar surface area (TPSA) is 123 Å². The van der Waals surface area contributed by atoms with E-state index in [4.69, 9.17) is 15.2 Å². The Kier molecular flexibility index (Phi) is 7.08. The standard InChI is InChI=1S/C26H32N8O2/c1-18(2)19-11-25(33-30-14-19)26(27)4-3-23-24(32-26)13-21(16-29-23)31-20-12-22(17-28-15-20)36-10-7-34-5-8-35-9-6-34/h3-4,11-18,31-32H,5-10,27H2,1-2H3. The van der Waals surface area contributed by atoms with Crippen molar-refractivity contribution in [2.24, 2.45) is 5.73 Å². The van der Waals surface area contributed by atoms with E-state index in [0.717, 1.165) is 61.2 Å². The fraction of sp³-hybridized carbons (Fsp3) is 0.385. The van der Waals surface area contributed by atoms with Gasteiger partial charge in [0.05, 0.1) is 60.8 Å². The summed E-state index contributed by atoms with van der Waals surface area (Å²) in [7, 11) is 0. The van der Waals surface area contributed by atoms with Crippen molar-refractivity contribution in [2.75, 3.05) is 50.1 Å². The maximum Gasteiger partial charge on any atom is 0.151 e. The molecular formula is C26H32N8O2. The van der Waals surface area contributed by atoms with Gasteiger partial charge in [0.15, 0.2) is 5.66 Å². The van der Waals surface area contributed by atoms with Crippen molar-refractivity contribution < 1.29 is 9.47 Å². The molecule has 1 saturated heterocycles. The highest BCUT2D eigenvalue weighted by molar-refractivity contribution is 5.74. The van der Waals surface area contributed by atoms with Gasteiger partial charge in [-0.05, 0) is 35.8 Å². The Morgan fingerprint density at radius 2 is 1.97 bits per heavy atom. The van der Waals surface area contributed by atoms with E-state index in [-0.39, 0.29) is 0 Å². The van der Waals surface area contributed by atoms with E-state index in [1.807, 2.05) is 30.4 Å². The number of fused-ring (bicyclic) bond motifs is 1. The Balaban J connectivity index is 1.26. The molecule has 0 aromatic carbocycles. The van der Waals surface area contributed by atoms with Gasteiger partial charge in [0, 0.05) is 25.7 Å². The zero-order valence-electron chi connectivity index (χ0n) is 20.6. The van der Waals surface area contributed by atoms with Crippen LogP contribution >= 0.6 is 0 Å². The fourth-order valence-corrected chi connectivity index (χ4v) is 4.15. The number of pyridine rings is 2. The Labute approximate surface area is 210 Å². The first-order valence-electron chi connectivity index (χ1n) is 12.2. The second kappa shape index (κ2) is 10.6. The number of nitrogens with one attached hydrogen (secondary N) is 2. The minimum atomic E-state index is -0.985. The van der Waals surface area contributed by atoms with E-state index in [2.05, 4.69) is 49.5 Å². The van der Waals surface area contributed by atoms with Gasteiger partial charge in [-0.2, -0.15) is 10.2 Å². The largest absolute Gasteiger partial charge is 0.491 e. The summed E-state index contributed by atoms with van der Waals surface area (Å²) in [5, 5.41) is 15.2. The highest BCUT2D eigenvalue weighted by atomic mass is 16.5. The first-order valence-corrected chi connectivity index (χ1v) is 12.2. The van der Waals surface area contributed by atoms with Crippen LogP contribution in [0.4, 0.5) is 17.1 Å². The maximum absolute atomic E-state index is 6.70. The lowest BCUT2D eigenvalue weighted by Gasteiger charge is -2.31. The van der Waals surface area contributed by atoms with Crippen molar-refractivity contribution in [1.29, 1.82) is 0 Å². The van der Waals surface area contributed by atoms with E-state index in [1.54, 1.807) is 24.8 Å². The van der Waals surface area contributed by atoms with Crippen LogP contribution in [0.5, 0.6) is 5.75 Å². The van der Waals surface area contributed by atoms with Gasteiger partial charge >= 0.3 is 0 Å². The minimum absolute atomic E-state index is 0.327. The number of rotatable bonds is 8. The Hall–Kier alpha value is -3.60. The number of nitrogens with zero attached hydrogens (tertiary/aromatic N) is 5. The molecule has 1 atom stereocenters. The van der Waals surface area contributed by atoms with Crippen LogP contribution in [-0.2, 0) is 10.4 Å². The zero-order valence-corrected chi connectivity index (χ0v) is 20.6. The predicted octanol–water partition coefficient (Wildman–Crippen LogP) is 3.10. The SMILES string of the molecule is CC(C)c1cnnc(C2(N)C=Cc3ncc(Nc4cncc(OCCN5CCOCC5)c4)cc3N2)c1. The number of hydrogen-bond donors (Lipinski definition) is 3. The molecule has 0 saturated carbocycles. The van der Waals surface area contributed by atoms with Crippen LogP contribution in [0.3, 0.4) is 0 Å². The van der Waals surface area contributed by atoms with Crippen LogP contribution in [0.2, 0.25) is 0 Å². The maximum atomic E-state index is 6.70. The summed E-state index contributed by atoms with van der Waals surface area (Å²) in [6.45, 7) is 9.14. The lowest BCUT2D eigenvalue weighted by atomic mass is 9.97. The quantitative estimate of drug-likeness (QED) is 0.436. The molecule has 2 aliphatic heterocycles. The van der Waals surface area contributed by atoms with Gasteiger partial charge < -0.3 is 25.8 Å². The smallest absolute Gasteiger partial charge is 0.151 e. The van der Waals surface area contributed by atoms with Crippen LogP contribution in [0.25, 0.3) is 6.08 Å². The molecule has 0 radical (unpaired) electrons. The number of hydrogen-bond acceptors (Lipinski definition) is 10. The van der Waals surface area contributed by atoms with Gasteiger partial charge in [0.2, 0.25) is 0 Å². The first-order chi connectivity index (χ1) is 17.5. The summed E-state index contributed by atoms with van der Waals surface area (Å²) < 4.78 is 11.3. The van der Waals surface area contributed by atoms with Gasteiger partial charge in [0.1, 0.15) is 18.1 Å². The Morgan fingerprint density at radius 1 is 1.14 bits per heavy atom. The summed E-state index contributed by atoms with van der Waals surface area (Å²) >= 11 is 0. The van der Waals surface area contributed by atoms with Crippen molar-refractivity contribution >= 4 is 23.1 Å². The third kappa shape index (κ3) is 5.62. The molecule has 3 aromatic heterocycles. The molecule has 0 aliphatic carbocycles. The molecule has 1 fully saturated rings. The van der Waals surface area contributed by atoms with Gasteiger partial charge in [-0.3, -0.25) is 14.9 Å². The van der Waals surface area contributed by atoms with Crippen molar-refractivity contribution in [3.8, 4) is 5.75 Å². The molecule has 2 aliphatic rings. The first kappa shape index (κ1) is 24.1. The van der Waals surface area contributed by atoms with Crippen LogP contribution in [0.1, 0.15) is 36.7 Å². The molecule has 4 N–H and O–H groups in total. The van der Waals surface area contributed by atoms with Crippen LogP contribution < -0.4 is 21.1 Å². The van der Waals surface area contributed by atoms with Gasteiger partial charge in [-0.25, -0.2) is 0 Å². The van der Waals surface area contributed by atoms with Gasteiger partial charge in [-0.15, -0.1) is 0 Å². The predicted molar refractivity (Wildman–Crippen MR) is 139 cm³/mol. The zero-order chi connectivity index (χ0) is 25.0. The third-order valence-corrected chi connectivity index (χ3v) is 6.31. The molecule has 3 aromatic rings. The lowest BCUT2D eigenvalue weighted by Crippen LogP contribution is -2.45. The van der Waals surface area contributed by atoms with Crippen LogP contribution in [0.15, 0.2) is 49.1 Å².